The Morgan fingerprint density at radius 1 is 1.32 bits per heavy atom. The first-order valence-electron chi connectivity index (χ1n) is 8.78. The van der Waals surface area contributed by atoms with Crippen molar-refractivity contribution in [3.05, 3.63) is 21.4 Å². The fourth-order valence-electron chi connectivity index (χ4n) is 3.18. The summed E-state index contributed by atoms with van der Waals surface area (Å²) in [6.45, 7) is 5.86. The number of carbonyl (C=O) groups is 3. The van der Waals surface area contributed by atoms with E-state index in [0.29, 0.717) is 26.2 Å². The zero-order valence-electron chi connectivity index (χ0n) is 15.0. The number of thiophene rings is 1. The first-order chi connectivity index (χ1) is 11.9. The van der Waals surface area contributed by atoms with Crippen LogP contribution in [0.5, 0.6) is 0 Å². The van der Waals surface area contributed by atoms with Crippen LogP contribution in [0.2, 0.25) is 0 Å². The van der Waals surface area contributed by atoms with E-state index in [0.717, 1.165) is 28.2 Å². The van der Waals surface area contributed by atoms with E-state index in [4.69, 9.17) is 5.73 Å². The topological polar surface area (TPSA) is 92.5 Å². The predicted molar refractivity (Wildman–Crippen MR) is 98.7 cm³/mol. The highest BCUT2D eigenvalue weighted by Gasteiger charge is 2.28. The Kier molecular flexibility index (Phi) is 7.13. The first kappa shape index (κ1) is 19.6. The average Bonchev–Trinajstić information content (AvgIpc) is 2.95. The van der Waals surface area contributed by atoms with Gasteiger partial charge in [0.1, 0.15) is 0 Å². The summed E-state index contributed by atoms with van der Waals surface area (Å²) in [5.74, 6) is -0.246. The van der Waals surface area contributed by atoms with E-state index in [-0.39, 0.29) is 36.4 Å². The number of ketones is 1. The number of Topliss-reactive ketones (excluding diaryl/α,β-unsaturated/α-hetero) is 1. The van der Waals surface area contributed by atoms with Gasteiger partial charge >= 0.3 is 0 Å². The Morgan fingerprint density at radius 3 is 2.72 bits per heavy atom. The number of carbonyl (C=O) groups excluding carboxylic acids is 3. The van der Waals surface area contributed by atoms with E-state index in [1.165, 1.54) is 0 Å². The molecule has 0 aliphatic carbocycles. The molecule has 0 radical (unpaired) electrons. The molecule has 1 atom stereocenters. The second-order valence-electron chi connectivity index (χ2n) is 6.51. The number of hydrogen-bond donors (Lipinski definition) is 2. The van der Waals surface area contributed by atoms with Gasteiger partial charge in [0.15, 0.2) is 5.78 Å². The van der Waals surface area contributed by atoms with Gasteiger partial charge in [0.25, 0.3) is 0 Å². The van der Waals surface area contributed by atoms with Gasteiger partial charge in [-0.05, 0) is 32.8 Å². The van der Waals surface area contributed by atoms with Crippen LogP contribution < -0.4 is 11.1 Å². The van der Waals surface area contributed by atoms with Crippen molar-refractivity contribution in [3.63, 3.8) is 0 Å². The summed E-state index contributed by atoms with van der Waals surface area (Å²) >= 11 is 1.60. The van der Waals surface area contributed by atoms with Gasteiger partial charge in [-0.25, -0.2) is 0 Å². The zero-order chi connectivity index (χ0) is 18.4. The molecule has 0 spiro atoms. The summed E-state index contributed by atoms with van der Waals surface area (Å²) in [5, 5.41) is 2.79. The van der Waals surface area contributed by atoms with Crippen molar-refractivity contribution in [2.24, 2.45) is 11.7 Å². The number of nitrogens with one attached hydrogen (secondary N) is 1. The summed E-state index contributed by atoms with van der Waals surface area (Å²) in [7, 11) is 0. The highest BCUT2D eigenvalue weighted by atomic mass is 32.1. The van der Waals surface area contributed by atoms with Crippen LogP contribution in [-0.2, 0) is 9.59 Å². The standard InChI is InChI=1S/C18H27N3O3S/c1-12-10-15(13(2)25-12)16(22)5-6-17(23)21-9-3-4-14(11-21)18(24)20-8-7-19/h10,14H,3-9,11,19H2,1-2H3,(H,20,24). The highest BCUT2D eigenvalue weighted by Crippen LogP contribution is 2.23. The molecule has 0 saturated carbocycles. The van der Waals surface area contributed by atoms with Crippen molar-refractivity contribution < 1.29 is 14.4 Å². The van der Waals surface area contributed by atoms with E-state index in [1.54, 1.807) is 16.2 Å². The average molecular weight is 365 g/mol. The molecule has 2 amide bonds. The quantitative estimate of drug-likeness (QED) is 0.719. The molecule has 25 heavy (non-hydrogen) atoms. The lowest BCUT2D eigenvalue weighted by atomic mass is 9.96. The molecule has 1 aromatic rings. The Balaban J connectivity index is 1.84. The van der Waals surface area contributed by atoms with Crippen molar-refractivity contribution in [1.29, 1.82) is 0 Å². The molecule has 6 nitrogen and oxygen atoms in total. The third kappa shape index (κ3) is 5.37. The first-order valence-corrected chi connectivity index (χ1v) is 9.59. The minimum atomic E-state index is -0.179. The maximum atomic E-state index is 12.4. The van der Waals surface area contributed by atoms with E-state index in [1.807, 2.05) is 19.9 Å². The highest BCUT2D eigenvalue weighted by molar-refractivity contribution is 7.12. The lowest BCUT2D eigenvalue weighted by Gasteiger charge is -2.32. The number of nitrogens with two attached hydrogens (primary N) is 1. The normalized spacial score (nSPS) is 17.4. The summed E-state index contributed by atoms with van der Waals surface area (Å²) < 4.78 is 0. The minimum absolute atomic E-state index is 0.0180. The summed E-state index contributed by atoms with van der Waals surface area (Å²) in [4.78, 5) is 40.6. The van der Waals surface area contributed by atoms with Crippen LogP contribution in [-0.4, -0.2) is 48.7 Å². The Hall–Kier alpha value is -1.73. The van der Waals surface area contributed by atoms with Gasteiger partial charge in [-0.15, -0.1) is 11.3 Å². The van der Waals surface area contributed by atoms with Crippen LogP contribution >= 0.6 is 11.3 Å². The number of hydrogen-bond acceptors (Lipinski definition) is 5. The Morgan fingerprint density at radius 2 is 2.08 bits per heavy atom. The number of amides is 2. The van der Waals surface area contributed by atoms with Crippen molar-refractivity contribution in [2.75, 3.05) is 26.2 Å². The molecular weight excluding hydrogens is 338 g/mol. The van der Waals surface area contributed by atoms with Crippen LogP contribution in [0.25, 0.3) is 0 Å². The molecule has 3 N–H and O–H groups in total. The van der Waals surface area contributed by atoms with Crippen LogP contribution in [0.15, 0.2) is 6.07 Å². The largest absolute Gasteiger partial charge is 0.355 e. The molecule has 1 fully saturated rings. The molecule has 2 heterocycles. The van der Waals surface area contributed by atoms with Crippen molar-refractivity contribution in [2.45, 2.75) is 39.5 Å². The summed E-state index contributed by atoms with van der Waals surface area (Å²) in [6.07, 6.45) is 2.01. The molecule has 1 saturated heterocycles. The van der Waals surface area contributed by atoms with Gasteiger partial charge in [0.2, 0.25) is 11.8 Å². The van der Waals surface area contributed by atoms with Crippen LogP contribution in [0.1, 0.15) is 45.8 Å². The van der Waals surface area contributed by atoms with Crippen molar-refractivity contribution in [1.82, 2.24) is 10.2 Å². The molecule has 1 aliphatic heterocycles. The summed E-state index contributed by atoms with van der Waals surface area (Å²) in [6, 6.07) is 1.89. The van der Waals surface area contributed by atoms with Crippen molar-refractivity contribution in [3.8, 4) is 0 Å². The molecule has 1 unspecified atom stereocenters. The van der Waals surface area contributed by atoms with E-state index in [2.05, 4.69) is 5.32 Å². The summed E-state index contributed by atoms with van der Waals surface area (Å²) in [5.41, 5.74) is 6.13. The molecule has 0 aromatic carbocycles. The number of rotatable bonds is 7. The second kappa shape index (κ2) is 9.10. The van der Waals surface area contributed by atoms with Gasteiger partial charge in [-0.2, -0.15) is 0 Å². The number of piperidine rings is 1. The Labute approximate surface area is 152 Å². The fourth-order valence-corrected chi connectivity index (χ4v) is 4.12. The van der Waals surface area contributed by atoms with Gasteiger partial charge < -0.3 is 16.0 Å². The molecule has 0 bridgehead atoms. The van der Waals surface area contributed by atoms with Gasteiger partial charge in [-0.3, -0.25) is 14.4 Å². The fraction of sp³-hybridized carbons (Fsp3) is 0.611. The third-order valence-electron chi connectivity index (χ3n) is 4.50. The Bertz CT molecular complexity index is 642. The molecule has 1 aromatic heterocycles. The van der Waals surface area contributed by atoms with Crippen molar-refractivity contribution >= 4 is 28.9 Å². The lowest BCUT2D eigenvalue weighted by Crippen LogP contribution is -2.46. The van der Waals surface area contributed by atoms with E-state index in [9.17, 15) is 14.4 Å². The minimum Gasteiger partial charge on any atom is -0.355 e. The van der Waals surface area contributed by atoms with Gasteiger partial charge in [-0.1, -0.05) is 0 Å². The smallest absolute Gasteiger partial charge is 0.224 e. The molecule has 1 aliphatic rings. The molecule has 7 heteroatoms. The van der Waals surface area contributed by atoms with Gasteiger partial charge in [0.05, 0.1) is 5.92 Å². The lowest BCUT2D eigenvalue weighted by molar-refractivity contribution is -0.135. The van der Waals surface area contributed by atoms with Gasteiger partial charge in [0, 0.05) is 54.3 Å². The maximum Gasteiger partial charge on any atom is 0.224 e. The molecular formula is C18H27N3O3S. The van der Waals surface area contributed by atoms with E-state index >= 15 is 0 Å². The van der Waals surface area contributed by atoms with E-state index < -0.39 is 0 Å². The second-order valence-corrected chi connectivity index (χ2v) is 7.97. The van der Waals surface area contributed by atoms with Crippen LogP contribution in [0, 0.1) is 19.8 Å². The third-order valence-corrected chi connectivity index (χ3v) is 5.46. The maximum absolute atomic E-state index is 12.4. The SMILES string of the molecule is Cc1cc(C(=O)CCC(=O)N2CCCC(C(=O)NCCN)C2)c(C)s1. The molecule has 2 rings (SSSR count). The predicted octanol–water partition coefficient (Wildman–Crippen LogP) is 1.64. The zero-order valence-corrected chi connectivity index (χ0v) is 15.8. The number of nitrogens with zero attached hydrogens (tertiary/aromatic N) is 1. The number of aryl methyl sites for hydroxylation is 2. The monoisotopic (exact) mass is 365 g/mol. The van der Waals surface area contributed by atoms with Crippen LogP contribution in [0.3, 0.4) is 0 Å². The molecule has 138 valence electrons. The number of likely N-dealkylation sites (tertiary alicyclic amines) is 1. The van der Waals surface area contributed by atoms with Crippen LogP contribution in [0.4, 0.5) is 0 Å².